The maximum Gasteiger partial charge on any atom is 0.131 e. The van der Waals surface area contributed by atoms with Crippen LogP contribution in [0.2, 0.25) is 0 Å². The average Bonchev–Trinajstić information content (AvgIpc) is 2.53. The summed E-state index contributed by atoms with van der Waals surface area (Å²) in [6.45, 7) is 5.44. The highest BCUT2D eigenvalue weighted by Crippen LogP contribution is 2.29. The number of aliphatic hydroxyl groups is 1. The number of hydrogen-bond donors (Lipinski definition) is 1. The van der Waals surface area contributed by atoms with Gasteiger partial charge in [-0.1, -0.05) is 6.07 Å². The lowest BCUT2D eigenvalue weighted by atomic mass is 10.1. The molecule has 0 aliphatic carbocycles. The minimum Gasteiger partial charge on any atom is -0.389 e. The van der Waals surface area contributed by atoms with E-state index < -0.39 is 6.10 Å². The third-order valence-electron chi connectivity index (χ3n) is 3.51. The van der Waals surface area contributed by atoms with Crippen LogP contribution in [-0.4, -0.2) is 43.2 Å². The molecule has 1 saturated heterocycles. The number of halogens is 1. The Labute approximate surface area is 108 Å². The van der Waals surface area contributed by atoms with Crippen LogP contribution in [0.1, 0.15) is 25.0 Å². The van der Waals surface area contributed by atoms with Crippen LogP contribution in [0.5, 0.6) is 0 Å². The molecule has 1 aromatic rings. The third-order valence-corrected chi connectivity index (χ3v) is 3.51. The van der Waals surface area contributed by atoms with Crippen LogP contribution in [0.3, 0.4) is 0 Å². The summed E-state index contributed by atoms with van der Waals surface area (Å²) >= 11 is 0. The molecule has 1 heterocycles. The highest BCUT2D eigenvalue weighted by molar-refractivity contribution is 5.55. The second kappa shape index (κ2) is 5.67. The highest BCUT2D eigenvalue weighted by atomic mass is 19.1. The van der Waals surface area contributed by atoms with Crippen molar-refractivity contribution in [3.05, 3.63) is 29.6 Å². The summed E-state index contributed by atoms with van der Waals surface area (Å²) in [4.78, 5) is 4.45. The predicted octanol–water partition coefficient (Wildman–Crippen LogP) is 2.02. The Morgan fingerprint density at radius 1 is 1.22 bits per heavy atom. The molecule has 1 N–H and O–H groups in total. The molecule has 1 unspecified atom stereocenters. The van der Waals surface area contributed by atoms with Gasteiger partial charge in [-0.05, 0) is 39.1 Å². The number of benzene rings is 1. The number of rotatable bonds is 2. The fourth-order valence-corrected chi connectivity index (χ4v) is 2.50. The van der Waals surface area contributed by atoms with Gasteiger partial charge in [0, 0.05) is 30.9 Å². The maximum atomic E-state index is 13.8. The van der Waals surface area contributed by atoms with Crippen LogP contribution in [0.4, 0.5) is 10.1 Å². The van der Waals surface area contributed by atoms with Crippen molar-refractivity contribution < 1.29 is 9.50 Å². The minimum absolute atomic E-state index is 0.319. The summed E-state index contributed by atoms with van der Waals surface area (Å²) in [5.74, 6) is -0.319. The van der Waals surface area contributed by atoms with Crippen molar-refractivity contribution >= 4 is 5.69 Å². The lowest BCUT2D eigenvalue weighted by Crippen LogP contribution is -2.29. The van der Waals surface area contributed by atoms with Gasteiger partial charge in [0.15, 0.2) is 0 Å². The van der Waals surface area contributed by atoms with Crippen LogP contribution in [0, 0.1) is 5.82 Å². The molecule has 18 heavy (non-hydrogen) atoms. The lowest BCUT2D eigenvalue weighted by Gasteiger charge is -2.26. The molecule has 0 saturated carbocycles. The second-order valence-corrected chi connectivity index (χ2v) is 4.99. The summed E-state index contributed by atoms with van der Waals surface area (Å²) in [6, 6.07) is 5.02. The quantitative estimate of drug-likeness (QED) is 0.872. The van der Waals surface area contributed by atoms with Gasteiger partial charge in [-0.3, -0.25) is 0 Å². The second-order valence-electron chi connectivity index (χ2n) is 4.99. The molecule has 1 aromatic carbocycles. The molecular formula is C14H21FN2O. The molecule has 2 rings (SSSR count). The zero-order valence-electron chi connectivity index (χ0n) is 11.1. The van der Waals surface area contributed by atoms with Gasteiger partial charge < -0.3 is 14.9 Å². The van der Waals surface area contributed by atoms with Crippen LogP contribution in [0.15, 0.2) is 18.2 Å². The van der Waals surface area contributed by atoms with Gasteiger partial charge in [0.1, 0.15) is 5.82 Å². The molecule has 0 bridgehead atoms. The van der Waals surface area contributed by atoms with E-state index >= 15 is 0 Å². The fourth-order valence-electron chi connectivity index (χ4n) is 2.50. The topological polar surface area (TPSA) is 26.7 Å². The number of anilines is 1. The van der Waals surface area contributed by atoms with Gasteiger partial charge in [-0.25, -0.2) is 4.39 Å². The number of hydrogen-bond acceptors (Lipinski definition) is 3. The molecule has 100 valence electrons. The standard InChI is InChI=1S/C14H21FN2O/c1-11(18)14-12(15)5-3-6-13(14)17-8-4-7-16(2)9-10-17/h3,5-6,11,18H,4,7-10H2,1-2H3. The molecule has 0 aromatic heterocycles. The van der Waals surface area contributed by atoms with Crippen molar-refractivity contribution in [2.24, 2.45) is 0 Å². The lowest BCUT2D eigenvalue weighted by molar-refractivity contribution is 0.194. The van der Waals surface area contributed by atoms with Crippen molar-refractivity contribution in [3.63, 3.8) is 0 Å². The Bertz CT molecular complexity index is 409. The highest BCUT2D eigenvalue weighted by Gasteiger charge is 2.20. The maximum absolute atomic E-state index is 13.8. The Morgan fingerprint density at radius 3 is 2.72 bits per heavy atom. The van der Waals surface area contributed by atoms with Crippen LogP contribution in [-0.2, 0) is 0 Å². The first-order valence-electron chi connectivity index (χ1n) is 6.49. The number of nitrogens with zero attached hydrogens (tertiary/aromatic N) is 2. The normalized spacial score (nSPS) is 19.7. The van der Waals surface area contributed by atoms with Crippen LogP contribution in [0.25, 0.3) is 0 Å². The van der Waals surface area contributed by atoms with E-state index in [0.717, 1.165) is 38.3 Å². The zero-order valence-corrected chi connectivity index (χ0v) is 11.1. The van der Waals surface area contributed by atoms with E-state index in [2.05, 4.69) is 16.8 Å². The summed E-state index contributed by atoms with van der Waals surface area (Å²) < 4.78 is 13.8. The molecule has 1 aliphatic heterocycles. The molecular weight excluding hydrogens is 231 g/mol. The van der Waals surface area contributed by atoms with Gasteiger partial charge in [0.05, 0.1) is 6.10 Å². The fraction of sp³-hybridized carbons (Fsp3) is 0.571. The SMILES string of the molecule is CC(O)c1c(F)cccc1N1CCCN(C)CC1. The van der Waals surface area contributed by atoms with Gasteiger partial charge in [0.2, 0.25) is 0 Å². The largest absolute Gasteiger partial charge is 0.389 e. The Kier molecular flexibility index (Phi) is 4.19. The van der Waals surface area contributed by atoms with E-state index in [1.165, 1.54) is 6.07 Å². The van der Waals surface area contributed by atoms with Crippen molar-refractivity contribution in [2.75, 3.05) is 38.1 Å². The first kappa shape index (κ1) is 13.3. The van der Waals surface area contributed by atoms with E-state index in [9.17, 15) is 9.50 Å². The van der Waals surface area contributed by atoms with E-state index in [4.69, 9.17) is 0 Å². The predicted molar refractivity (Wildman–Crippen MR) is 71.4 cm³/mol. The van der Waals surface area contributed by atoms with Crippen LogP contribution >= 0.6 is 0 Å². The first-order chi connectivity index (χ1) is 8.59. The van der Waals surface area contributed by atoms with E-state index in [0.29, 0.717) is 5.56 Å². The monoisotopic (exact) mass is 252 g/mol. The van der Waals surface area contributed by atoms with Crippen LogP contribution < -0.4 is 4.90 Å². The molecule has 0 spiro atoms. The molecule has 0 radical (unpaired) electrons. The van der Waals surface area contributed by atoms with Crippen molar-refractivity contribution in [1.82, 2.24) is 4.90 Å². The van der Waals surface area contributed by atoms with Crippen molar-refractivity contribution in [1.29, 1.82) is 0 Å². The Morgan fingerprint density at radius 2 is 2.00 bits per heavy atom. The Balaban J connectivity index is 2.29. The molecule has 3 nitrogen and oxygen atoms in total. The molecule has 1 aliphatic rings. The summed E-state index contributed by atoms with van der Waals surface area (Å²) in [6.07, 6.45) is 0.286. The van der Waals surface area contributed by atoms with Crippen molar-refractivity contribution in [2.45, 2.75) is 19.4 Å². The van der Waals surface area contributed by atoms with Gasteiger partial charge >= 0.3 is 0 Å². The third kappa shape index (κ3) is 2.82. The summed E-state index contributed by atoms with van der Waals surface area (Å²) in [7, 11) is 2.10. The first-order valence-corrected chi connectivity index (χ1v) is 6.49. The van der Waals surface area contributed by atoms with Crippen molar-refractivity contribution in [3.8, 4) is 0 Å². The molecule has 0 amide bonds. The van der Waals surface area contributed by atoms with Gasteiger partial charge in [0.25, 0.3) is 0 Å². The minimum atomic E-state index is -0.776. The average molecular weight is 252 g/mol. The molecule has 4 heteroatoms. The number of aliphatic hydroxyl groups excluding tert-OH is 1. The van der Waals surface area contributed by atoms with Gasteiger partial charge in [-0.15, -0.1) is 0 Å². The molecule has 1 atom stereocenters. The van der Waals surface area contributed by atoms with E-state index in [-0.39, 0.29) is 5.82 Å². The van der Waals surface area contributed by atoms with Gasteiger partial charge in [-0.2, -0.15) is 0 Å². The zero-order chi connectivity index (χ0) is 13.1. The summed E-state index contributed by atoms with van der Waals surface area (Å²) in [5, 5.41) is 9.76. The van der Waals surface area contributed by atoms with E-state index in [1.807, 2.05) is 6.07 Å². The number of likely N-dealkylation sites (N-methyl/N-ethyl adjacent to an activating group) is 1. The Hall–Kier alpha value is -1.13. The smallest absolute Gasteiger partial charge is 0.131 e. The van der Waals surface area contributed by atoms with E-state index in [1.54, 1.807) is 13.0 Å². The summed E-state index contributed by atoms with van der Waals surface area (Å²) in [5.41, 5.74) is 1.25. The molecule has 1 fully saturated rings.